The van der Waals surface area contributed by atoms with Crippen molar-refractivity contribution >= 4 is 43.6 Å². The molecule has 1 aromatic rings. The second-order valence-electron chi connectivity index (χ2n) is 4.88. The van der Waals surface area contributed by atoms with Crippen LogP contribution in [0.15, 0.2) is 21.1 Å². The summed E-state index contributed by atoms with van der Waals surface area (Å²) < 4.78 is 5.80. The number of Topliss-reactive ketones (excluding diaryl/α,β-unsaturated/α-hetero) is 1. The first-order chi connectivity index (χ1) is 8.18. The lowest BCUT2D eigenvalue weighted by molar-refractivity contribution is 0.0599. The zero-order valence-corrected chi connectivity index (χ0v) is 13.8. The number of rotatable bonds is 2. The molecule has 0 N–H and O–H groups in total. The summed E-state index contributed by atoms with van der Waals surface area (Å²) in [6.45, 7) is 5.55. The molecule has 0 fully saturated rings. The third kappa shape index (κ3) is 3.20. The van der Waals surface area contributed by atoms with Gasteiger partial charge >= 0.3 is 5.97 Å². The van der Waals surface area contributed by atoms with Crippen molar-refractivity contribution in [2.75, 3.05) is 7.11 Å². The van der Waals surface area contributed by atoms with Crippen LogP contribution in [0, 0.1) is 5.41 Å². The van der Waals surface area contributed by atoms with Crippen molar-refractivity contribution in [2.24, 2.45) is 5.41 Å². The molecule has 98 valence electrons. The molecule has 0 radical (unpaired) electrons. The van der Waals surface area contributed by atoms with Crippen LogP contribution in [-0.4, -0.2) is 18.9 Å². The number of ketones is 1. The first-order valence-electron chi connectivity index (χ1n) is 5.30. The number of carbonyl (C=O) groups is 2. The Balaban J connectivity index is 3.32. The molecule has 0 spiro atoms. The third-order valence-corrected chi connectivity index (χ3v) is 3.70. The Hall–Kier alpha value is -0.680. The van der Waals surface area contributed by atoms with Gasteiger partial charge < -0.3 is 4.74 Å². The average Bonchev–Trinajstić information content (AvgIpc) is 2.28. The van der Waals surface area contributed by atoms with Crippen LogP contribution in [0.2, 0.25) is 0 Å². The van der Waals surface area contributed by atoms with Gasteiger partial charge in [0.2, 0.25) is 0 Å². The molecule has 0 aliphatic rings. The molecule has 0 bridgehead atoms. The van der Waals surface area contributed by atoms with E-state index >= 15 is 0 Å². The molecule has 5 heteroatoms. The van der Waals surface area contributed by atoms with Crippen LogP contribution in [0.1, 0.15) is 41.5 Å². The quantitative estimate of drug-likeness (QED) is 0.572. The maximum Gasteiger partial charge on any atom is 0.339 e. The van der Waals surface area contributed by atoms with Crippen molar-refractivity contribution in [3.8, 4) is 0 Å². The highest BCUT2D eigenvalue weighted by molar-refractivity contribution is 9.11. The Kier molecular flexibility index (Phi) is 4.72. The lowest BCUT2D eigenvalue weighted by Crippen LogP contribution is -2.21. The first-order valence-corrected chi connectivity index (χ1v) is 6.89. The predicted octanol–water partition coefficient (Wildman–Crippen LogP) is 4.23. The van der Waals surface area contributed by atoms with Gasteiger partial charge in [-0.1, -0.05) is 36.7 Å². The van der Waals surface area contributed by atoms with Crippen LogP contribution in [0.5, 0.6) is 0 Å². The van der Waals surface area contributed by atoms with Gasteiger partial charge in [-0.3, -0.25) is 4.79 Å². The molecule has 0 atom stereocenters. The lowest BCUT2D eigenvalue weighted by atomic mass is 9.86. The van der Waals surface area contributed by atoms with Crippen LogP contribution in [0.25, 0.3) is 0 Å². The number of ether oxygens (including phenoxy) is 1. The molecule has 3 nitrogen and oxygen atoms in total. The smallest absolute Gasteiger partial charge is 0.339 e. The number of hydrogen-bond donors (Lipinski definition) is 0. The number of benzene rings is 1. The summed E-state index contributed by atoms with van der Waals surface area (Å²) in [6, 6.07) is 3.23. The molecule has 0 heterocycles. The Morgan fingerprint density at radius 2 is 1.50 bits per heavy atom. The highest BCUT2D eigenvalue weighted by Gasteiger charge is 2.26. The van der Waals surface area contributed by atoms with Crippen molar-refractivity contribution in [2.45, 2.75) is 20.8 Å². The molecular formula is C13H14Br2O3. The third-order valence-electron chi connectivity index (χ3n) is 2.39. The van der Waals surface area contributed by atoms with Gasteiger partial charge in [0.15, 0.2) is 5.78 Å². The molecule has 1 rings (SSSR count). The van der Waals surface area contributed by atoms with Gasteiger partial charge in [-0.2, -0.15) is 0 Å². The van der Waals surface area contributed by atoms with Gasteiger partial charge in [0, 0.05) is 19.9 Å². The van der Waals surface area contributed by atoms with E-state index in [-0.39, 0.29) is 5.78 Å². The Morgan fingerprint density at radius 1 is 1.06 bits per heavy atom. The van der Waals surface area contributed by atoms with Crippen LogP contribution < -0.4 is 0 Å². The lowest BCUT2D eigenvalue weighted by Gasteiger charge is -2.18. The highest BCUT2D eigenvalue weighted by atomic mass is 79.9. The van der Waals surface area contributed by atoms with E-state index in [1.54, 1.807) is 12.1 Å². The zero-order chi connectivity index (χ0) is 14.1. The van der Waals surface area contributed by atoms with Gasteiger partial charge in [-0.05, 0) is 28.1 Å². The molecule has 0 aromatic heterocycles. The number of methoxy groups -OCH3 is 1. The van der Waals surface area contributed by atoms with Crippen molar-refractivity contribution in [1.82, 2.24) is 0 Å². The van der Waals surface area contributed by atoms with E-state index in [1.807, 2.05) is 20.8 Å². The fourth-order valence-corrected chi connectivity index (χ4v) is 2.42. The van der Waals surface area contributed by atoms with Crippen molar-refractivity contribution in [1.29, 1.82) is 0 Å². The number of hydrogen-bond acceptors (Lipinski definition) is 3. The van der Waals surface area contributed by atoms with Gasteiger partial charge in [0.25, 0.3) is 0 Å². The molecule has 0 saturated heterocycles. The Morgan fingerprint density at radius 3 is 1.94 bits per heavy atom. The Bertz CT molecular complexity index is 502. The number of carbonyl (C=O) groups excluding carboxylic acids is 2. The standard InChI is InChI=1S/C13H14Br2O3/c1-13(2,3)11(16)7-5-10(15)8(6-9(7)14)12(17)18-4/h5-6H,1-4H3. The summed E-state index contributed by atoms with van der Waals surface area (Å²) in [7, 11) is 1.32. The summed E-state index contributed by atoms with van der Waals surface area (Å²) in [5.41, 5.74) is 0.450. The molecule has 0 aliphatic carbocycles. The minimum Gasteiger partial charge on any atom is -0.465 e. The summed E-state index contributed by atoms with van der Waals surface area (Å²) in [6.07, 6.45) is 0. The predicted molar refractivity (Wildman–Crippen MR) is 77.0 cm³/mol. The first kappa shape index (κ1) is 15.4. The average molecular weight is 378 g/mol. The van der Waals surface area contributed by atoms with Crippen molar-refractivity contribution in [3.63, 3.8) is 0 Å². The van der Waals surface area contributed by atoms with Crippen LogP contribution >= 0.6 is 31.9 Å². The molecule has 1 aromatic carbocycles. The van der Waals surface area contributed by atoms with E-state index in [0.717, 1.165) is 0 Å². The fraction of sp³-hybridized carbons (Fsp3) is 0.385. The fourth-order valence-electron chi connectivity index (χ4n) is 1.39. The van der Waals surface area contributed by atoms with Gasteiger partial charge in [0.05, 0.1) is 12.7 Å². The van der Waals surface area contributed by atoms with Crippen LogP contribution in [0.4, 0.5) is 0 Å². The molecular weight excluding hydrogens is 364 g/mol. The second-order valence-corrected chi connectivity index (χ2v) is 6.59. The zero-order valence-electron chi connectivity index (χ0n) is 10.6. The van der Waals surface area contributed by atoms with Gasteiger partial charge in [0.1, 0.15) is 0 Å². The van der Waals surface area contributed by atoms with Crippen LogP contribution in [0.3, 0.4) is 0 Å². The number of esters is 1. The van der Waals surface area contributed by atoms with Crippen molar-refractivity contribution < 1.29 is 14.3 Å². The van der Waals surface area contributed by atoms with E-state index in [1.165, 1.54) is 7.11 Å². The minimum absolute atomic E-state index is 0.00601. The SMILES string of the molecule is COC(=O)c1cc(Br)c(C(=O)C(C)(C)C)cc1Br. The summed E-state index contributed by atoms with van der Waals surface area (Å²) in [5.74, 6) is -0.441. The number of halogens is 2. The molecule has 0 saturated carbocycles. The topological polar surface area (TPSA) is 43.4 Å². The highest BCUT2D eigenvalue weighted by Crippen LogP contribution is 2.31. The monoisotopic (exact) mass is 376 g/mol. The van der Waals surface area contributed by atoms with E-state index in [0.29, 0.717) is 20.1 Å². The van der Waals surface area contributed by atoms with Gasteiger partial charge in [-0.25, -0.2) is 4.79 Å². The molecule has 0 aliphatic heterocycles. The summed E-state index contributed by atoms with van der Waals surface area (Å²) >= 11 is 6.61. The minimum atomic E-state index is -0.477. The summed E-state index contributed by atoms with van der Waals surface area (Å²) in [5, 5.41) is 0. The van der Waals surface area contributed by atoms with E-state index in [2.05, 4.69) is 36.6 Å². The maximum atomic E-state index is 12.2. The normalized spacial score (nSPS) is 11.2. The Labute approximate surface area is 123 Å². The molecule has 0 amide bonds. The van der Waals surface area contributed by atoms with E-state index < -0.39 is 11.4 Å². The van der Waals surface area contributed by atoms with Gasteiger partial charge in [-0.15, -0.1) is 0 Å². The summed E-state index contributed by atoms with van der Waals surface area (Å²) in [4.78, 5) is 23.7. The maximum absolute atomic E-state index is 12.2. The van der Waals surface area contributed by atoms with E-state index in [9.17, 15) is 9.59 Å². The molecule has 18 heavy (non-hydrogen) atoms. The van der Waals surface area contributed by atoms with Crippen LogP contribution in [-0.2, 0) is 4.74 Å². The molecule has 0 unspecified atom stereocenters. The second kappa shape index (κ2) is 5.53. The largest absolute Gasteiger partial charge is 0.465 e. The van der Waals surface area contributed by atoms with Crippen molar-refractivity contribution in [3.05, 3.63) is 32.2 Å². The van der Waals surface area contributed by atoms with E-state index in [4.69, 9.17) is 0 Å².